The van der Waals surface area contributed by atoms with E-state index in [9.17, 15) is 16.8 Å². The minimum atomic E-state index is -3.95. The second-order valence-corrected chi connectivity index (χ2v) is 9.46. The van der Waals surface area contributed by atoms with Crippen molar-refractivity contribution in [3.8, 4) is 0 Å². The first-order valence-corrected chi connectivity index (χ1v) is 11.4. The molecular weight excluding hydrogens is 412 g/mol. The minimum absolute atomic E-state index is 0. The maximum atomic E-state index is 10.8. The molecule has 0 fully saturated rings. The van der Waals surface area contributed by atoms with Gasteiger partial charge in [-0.1, -0.05) is 6.07 Å². The zero-order valence-corrected chi connectivity index (χ0v) is 16.3. The van der Waals surface area contributed by atoms with Crippen molar-refractivity contribution in [2.45, 2.75) is 39.5 Å². The fraction of sp³-hybridized carbons (Fsp3) is 0.625. The summed E-state index contributed by atoms with van der Waals surface area (Å²) < 4.78 is 60.8. The van der Waals surface area contributed by atoms with E-state index in [0.29, 0.717) is 38.8 Å². The summed E-state index contributed by atoms with van der Waals surface area (Å²) in [7, 11) is -7.90. The fourth-order valence-electron chi connectivity index (χ4n) is 2.68. The molecule has 2 N–H and O–H groups in total. The Kier molecular flexibility index (Phi) is 15.5. The Morgan fingerprint density at radius 2 is 1.11 bits per heavy atom. The molecule has 1 aromatic rings. The molecule has 27 heavy (non-hydrogen) atoms. The van der Waals surface area contributed by atoms with E-state index in [2.05, 4.69) is 11.0 Å². The van der Waals surface area contributed by atoms with Gasteiger partial charge in [0, 0.05) is 18.8 Å². The Bertz CT molecular complexity index is 709. The monoisotopic (exact) mass is 441 g/mol. The number of nitrogens with zero attached hydrogens (tertiary/aromatic N) is 1. The van der Waals surface area contributed by atoms with Crippen LogP contribution in [0.2, 0.25) is 0 Å². The van der Waals surface area contributed by atoms with Gasteiger partial charge in [-0.3, -0.25) is 9.11 Å². The van der Waals surface area contributed by atoms with Crippen LogP contribution in [0, 0.1) is 13.8 Å². The normalized spacial score (nSPS) is 11.4. The predicted molar refractivity (Wildman–Crippen MR) is 114 cm³/mol. The molecule has 0 atom stereocenters. The summed E-state index contributed by atoms with van der Waals surface area (Å²) in [6.45, 7) is 5.19. The van der Waals surface area contributed by atoms with Gasteiger partial charge in [0.05, 0.1) is 11.5 Å². The SMILES string of the molecule is Cc1cc(C)cc(N(CCCCS(=O)(=O)O)CCCCS(=O)(=O)O)c1.[NaH].[NaH]. The van der Waals surface area contributed by atoms with E-state index < -0.39 is 20.2 Å². The first-order chi connectivity index (χ1) is 11.5. The molecule has 0 aliphatic rings. The summed E-state index contributed by atoms with van der Waals surface area (Å²) in [5, 5.41) is 0. The van der Waals surface area contributed by atoms with Crippen LogP contribution < -0.4 is 4.90 Å². The van der Waals surface area contributed by atoms with Gasteiger partial charge in [0.1, 0.15) is 0 Å². The van der Waals surface area contributed by atoms with E-state index in [4.69, 9.17) is 9.11 Å². The average Bonchev–Trinajstić information content (AvgIpc) is 2.42. The second-order valence-electron chi connectivity index (χ2n) is 6.32. The molecule has 0 unspecified atom stereocenters. The van der Waals surface area contributed by atoms with Crippen LogP contribution in [0.4, 0.5) is 5.69 Å². The van der Waals surface area contributed by atoms with E-state index in [-0.39, 0.29) is 70.6 Å². The molecule has 11 heteroatoms. The summed E-state index contributed by atoms with van der Waals surface area (Å²) in [4.78, 5) is 2.08. The van der Waals surface area contributed by atoms with Crippen LogP contribution in [0.5, 0.6) is 0 Å². The summed E-state index contributed by atoms with van der Waals surface area (Å²) in [5.41, 5.74) is 3.21. The number of hydrogen-bond acceptors (Lipinski definition) is 5. The van der Waals surface area contributed by atoms with Crippen molar-refractivity contribution < 1.29 is 25.9 Å². The topological polar surface area (TPSA) is 112 Å². The van der Waals surface area contributed by atoms with Crippen molar-refractivity contribution in [3.63, 3.8) is 0 Å². The van der Waals surface area contributed by atoms with E-state index in [1.165, 1.54) is 0 Å². The van der Waals surface area contributed by atoms with E-state index >= 15 is 0 Å². The molecule has 0 aromatic heterocycles. The molecule has 148 valence electrons. The number of rotatable bonds is 11. The quantitative estimate of drug-likeness (QED) is 0.301. The van der Waals surface area contributed by atoms with Crippen LogP contribution in [-0.4, -0.2) is 110 Å². The molecule has 0 saturated carbocycles. The van der Waals surface area contributed by atoms with Gasteiger partial charge in [-0.05, 0) is 62.8 Å². The van der Waals surface area contributed by atoms with Crippen molar-refractivity contribution in [2.75, 3.05) is 29.5 Å². The van der Waals surface area contributed by atoms with Gasteiger partial charge in [-0.25, -0.2) is 0 Å². The van der Waals surface area contributed by atoms with Gasteiger partial charge >= 0.3 is 59.1 Å². The number of hydrogen-bond donors (Lipinski definition) is 2. The molecule has 0 aliphatic carbocycles. The fourth-order valence-corrected chi connectivity index (χ4v) is 3.82. The van der Waals surface area contributed by atoms with Crippen LogP contribution in [0.15, 0.2) is 18.2 Å². The van der Waals surface area contributed by atoms with Crippen molar-refractivity contribution in [1.29, 1.82) is 0 Å². The van der Waals surface area contributed by atoms with Gasteiger partial charge in [0.15, 0.2) is 0 Å². The van der Waals surface area contributed by atoms with Crippen LogP contribution in [-0.2, 0) is 20.2 Å². The first kappa shape index (κ1) is 30.0. The summed E-state index contributed by atoms with van der Waals surface area (Å²) >= 11 is 0. The molecule has 0 bridgehead atoms. The third-order valence-electron chi connectivity index (χ3n) is 3.73. The third-order valence-corrected chi connectivity index (χ3v) is 5.34. The van der Waals surface area contributed by atoms with Gasteiger partial charge in [0.25, 0.3) is 20.2 Å². The number of anilines is 1. The first-order valence-electron chi connectivity index (χ1n) is 8.20. The molecule has 0 spiro atoms. The Labute approximate surface area is 207 Å². The Hall–Kier alpha value is 0.840. The molecule has 0 heterocycles. The van der Waals surface area contributed by atoms with Crippen molar-refractivity contribution in [3.05, 3.63) is 29.3 Å². The van der Waals surface area contributed by atoms with Gasteiger partial charge in [0.2, 0.25) is 0 Å². The van der Waals surface area contributed by atoms with Crippen molar-refractivity contribution in [1.82, 2.24) is 0 Å². The van der Waals surface area contributed by atoms with Crippen molar-refractivity contribution >= 4 is 85.0 Å². The molecule has 1 aromatic carbocycles. The Balaban J connectivity index is 0. The number of benzene rings is 1. The summed E-state index contributed by atoms with van der Waals surface area (Å²) in [6, 6.07) is 6.11. The molecular formula is C16H29NNa2O6S2. The molecule has 1 rings (SSSR count). The van der Waals surface area contributed by atoms with Gasteiger partial charge in [-0.2, -0.15) is 16.8 Å². The molecule has 7 nitrogen and oxygen atoms in total. The summed E-state index contributed by atoms with van der Waals surface area (Å²) in [6.07, 6.45) is 1.88. The molecule has 0 radical (unpaired) electrons. The van der Waals surface area contributed by atoms with Crippen molar-refractivity contribution in [2.24, 2.45) is 0 Å². The van der Waals surface area contributed by atoms with E-state index in [1.54, 1.807) is 0 Å². The zero-order chi connectivity index (χ0) is 19.1. The number of aryl methyl sites for hydroxylation is 2. The predicted octanol–water partition coefficient (Wildman–Crippen LogP) is 1.15. The zero-order valence-electron chi connectivity index (χ0n) is 14.7. The number of unbranched alkanes of at least 4 members (excludes halogenated alkanes) is 2. The second kappa shape index (κ2) is 14.0. The summed E-state index contributed by atoms with van der Waals surface area (Å²) in [5.74, 6) is -0.535. The standard InChI is InChI=1S/C16H27NO6S2.2Na.2H/c1-14-11-15(2)13-16(12-14)17(7-3-5-9-24(18,19)20)8-4-6-10-25(21,22)23;;;;/h11-13H,3-10H2,1-2H3,(H,18,19,20)(H,21,22,23);;;;. The van der Waals surface area contributed by atoms with Crippen LogP contribution in [0.25, 0.3) is 0 Å². The van der Waals surface area contributed by atoms with E-state index in [0.717, 1.165) is 16.8 Å². The van der Waals surface area contributed by atoms with Crippen LogP contribution in [0.3, 0.4) is 0 Å². The average molecular weight is 442 g/mol. The van der Waals surface area contributed by atoms with Crippen LogP contribution >= 0.6 is 0 Å². The van der Waals surface area contributed by atoms with Gasteiger partial charge in [-0.15, -0.1) is 0 Å². The molecule has 0 saturated heterocycles. The Morgan fingerprint density at radius 1 is 0.741 bits per heavy atom. The third kappa shape index (κ3) is 15.4. The van der Waals surface area contributed by atoms with Gasteiger partial charge < -0.3 is 4.90 Å². The molecule has 0 aliphatic heterocycles. The van der Waals surface area contributed by atoms with Crippen LogP contribution in [0.1, 0.15) is 36.8 Å². The molecule has 0 amide bonds. The maximum absolute atomic E-state index is 10.8. The van der Waals surface area contributed by atoms with E-state index in [1.807, 2.05) is 26.0 Å². The Morgan fingerprint density at radius 3 is 1.44 bits per heavy atom.